The van der Waals surface area contributed by atoms with Crippen molar-refractivity contribution < 1.29 is 9.53 Å². The molecule has 0 unspecified atom stereocenters. The summed E-state index contributed by atoms with van der Waals surface area (Å²) in [6, 6.07) is 9.69. The molecule has 6 heteroatoms. The van der Waals surface area contributed by atoms with Gasteiger partial charge in [0.2, 0.25) is 0 Å². The van der Waals surface area contributed by atoms with Crippen LogP contribution < -0.4 is 10.1 Å². The van der Waals surface area contributed by atoms with Crippen LogP contribution in [0.15, 0.2) is 30.3 Å². The summed E-state index contributed by atoms with van der Waals surface area (Å²) in [6.45, 7) is 5.87. The van der Waals surface area contributed by atoms with Gasteiger partial charge in [-0.25, -0.2) is 0 Å². The average molecular weight is 327 g/mol. The molecule has 5 nitrogen and oxygen atoms in total. The molecular formula is C17H17N3O2S. The number of nitrogens with one attached hydrogen (secondary N) is 1. The SMILES string of the molecule is Cc1ccc(OCC(=O)Nc2c(C)ccc3nsnc23)c(C)c1. The molecule has 1 heterocycles. The number of carbonyl (C=O) groups excluding carboxylic acids is 1. The number of rotatable bonds is 4. The highest BCUT2D eigenvalue weighted by molar-refractivity contribution is 7.00. The van der Waals surface area contributed by atoms with E-state index in [-0.39, 0.29) is 12.5 Å². The zero-order valence-electron chi connectivity index (χ0n) is 13.2. The van der Waals surface area contributed by atoms with Crippen LogP contribution >= 0.6 is 11.7 Å². The molecular weight excluding hydrogens is 310 g/mol. The van der Waals surface area contributed by atoms with Gasteiger partial charge in [0, 0.05) is 0 Å². The van der Waals surface area contributed by atoms with Gasteiger partial charge in [-0.05, 0) is 44.0 Å². The largest absolute Gasteiger partial charge is 0.483 e. The number of anilines is 1. The van der Waals surface area contributed by atoms with E-state index < -0.39 is 0 Å². The van der Waals surface area contributed by atoms with Gasteiger partial charge in [-0.15, -0.1) is 0 Å². The molecule has 23 heavy (non-hydrogen) atoms. The van der Waals surface area contributed by atoms with Crippen LogP contribution in [-0.4, -0.2) is 21.3 Å². The zero-order valence-corrected chi connectivity index (χ0v) is 14.0. The number of benzene rings is 2. The molecule has 0 aliphatic carbocycles. The van der Waals surface area contributed by atoms with Gasteiger partial charge in [-0.3, -0.25) is 4.79 Å². The van der Waals surface area contributed by atoms with Gasteiger partial charge in [0.15, 0.2) is 6.61 Å². The molecule has 0 aliphatic heterocycles. The second-order valence-electron chi connectivity index (χ2n) is 5.50. The first kappa shape index (κ1) is 15.4. The predicted molar refractivity (Wildman–Crippen MR) is 92.2 cm³/mol. The first-order chi connectivity index (χ1) is 11.0. The van der Waals surface area contributed by atoms with Crippen molar-refractivity contribution in [3.05, 3.63) is 47.0 Å². The summed E-state index contributed by atoms with van der Waals surface area (Å²) in [6.07, 6.45) is 0. The topological polar surface area (TPSA) is 64.1 Å². The van der Waals surface area contributed by atoms with Crippen LogP contribution in [0.1, 0.15) is 16.7 Å². The van der Waals surface area contributed by atoms with E-state index in [4.69, 9.17) is 4.74 Å². The third kappa shape index (κ3) is 3.32. The van der Waals surface area contributed by atoms with Crippen LogP contribution in [0, 0.1) is 20.8 Å². The Hall–Kier alpha value is -2.47. The number of amides is 1. The van der Waals surface area contributed by atoms with Gasteiger partial charge < -0.3 is 10.1 Å². The lowest BCUT2D eigenvalue weighted by atomic mass is 10.1. The Morgan fingerprint density at radius 3 is 2.74 bits per heavy atom. The van der Waals surface area contributed by atoms with Crippen molar-refractivity contribution in [2.24, 2.45) is 0 Å². The van der Waals surface area contributed by atoms with Crippen LogP contribution in [-0.2, 0) is 4.79 Å². The first-order valence-electron chi connectivity index (χ1n) is 7.26. The Morgan fingerprint density at radius 1 is 1.13 bits per heavy atom. The lowest BCUT2D eigenvalue weighted by Gasteiger charge is -2.11. The molecule has 0 spiro atoms. The number of hydrogen-bond donors (Lipinski definition) is 1. The van der Waals surface area contributed by atoms with E-state index in [1.54, 1.807) is 0 Å². The third-order valence-corrected chi connectivity index (χ3v) is 4.13. The highest BCUT2D eigenvalue weighted by atomic mass is 32.1. The number of hydrogen-bond acceptors (Lipinski definition) is 5. The second kappa shape index (κ2) is 6.34. The van der Waals surface area contributed by atoms with E-state index in [1.807, 2.05) is 51.1 Å². The zero-order chi connectivity index (χ0) is 16.4. The lowest BCUT2D eigenvalue weighted by molar-refractivity contribution is -0.118. The summed E-state index contributed by atoms with van der Waals surface area (Å²) in [7, 11) is 0. The monoisotopic (exact) mass is 327 g/mol. The summed E-state index contributed by atoms with van der Waals surface area (Å²) in [5, 5.41) is 2.88. The Bertz CT molecular complexity index is 873. The van der Waals surface area contributed by atoms with Gasteiger partial charge in [-0.2, -0.15) is 8.75 Å². The van der Waals surface area contributed by atoms with Crippen molar-refractivity contribution in [1.82, 2.24) is 8.75 Å². The summed E-state index contributed by atoms with van der Waals surface area (Å²) in [5.41, 5.74) is 5.33. The van der Waals surface area contributed by atoms with E-state index in [9.17, 15) is 4.79 Å². The third-order valence-electron chi connectivity index (χ3n) is 3.59. The number of aromatic nitrogens is 2. The Balaban J connectivity index is 1.71. The maximum atomic E-state index is 12.2. The summed E-state index contributed by atoms with van der Waals surface area (Å²) in [4.78, 5) is 12.2. The first-order valence-corrected chi connectivity index (χ1v) is 7.99. The molecule has 0 atom stereocenters. The maximum absolute atomic E-state index is 12.2. The maximum Gasteiger partial charge on any atom is 0.262 e. The minimum Gasteiger partial charge on any atom is -0.483 e. The molecule has 0 bridgehead atoms. The van der Waals surface area contributed by atoms with Crippen molar-refractivity contribution in [3.63, 3.8) is 0 Å². The average Bonchev–Trinajstić information content (AvgIpc) is 2.98. The molecule has 0 saturated heterocycles. The molecule has 0 fully saturated rings. The van der Waals surface area contributed by atoms with Crippen molar-refractivity contribution in [1.29, 1.82) is 0 Å². The second-order valence-corrected chi connectivity index (χ2v) is 6.02. The molecule has 1 aromatic heterocycles. The molecule has 0 saturated carbocycles. The van der Waals surface area contributed by atoms with Gasteiger partial charge in [0.05, 0.1) is 17.4 Å². The Labute approximate surface area is 138 Å². The fraction of sp³-hybridized carbons (Fsp3) is 0.235. The summed E-state index contributed by atoms with van der Waals surface area (Å²) < 4.78 is 14.1. The van der Waals surface area contributed by atoms with E-state index in [0.717, 1.165) is 45.2 Å². The highest BCUT2D eigenvalue weighted by Crippen LogP contribution is 2.25. The summed E-state index contributed by atoms with van der Waals surface area (Å²) >= 11 is 1.13. The van der Waals surface area contributed by atoms with Gasteiger partial charge in [-0.1, -0.05) is 23.8 Å². The van der Waals surface area contributed by atoms with Gasteiger partial charge in [0.25, 0.3) is 5.91 Å². The standard InChI is InChI=1S/C17H17N3O2S/c1-10-4-7-14(12(3)8-10)22-9-15(21)18-16-11(2)5-6-13-17(16)20-23-19-13/h4-8H,9H2,1-3H3,(H,18,21). The molecule has 1 N–H and O–H groups in total. The van der Waals surface area contributed by atoms with E-state index >= 15 is 0 Å². The Kier molecular flexibility index (Phi) is 4.25. The van der Waals surface area contributed by atoms with Crippen LogP contribution in [0.2, 0.25) is 0 Å². The van der Waals surface area contributed by atoms with E-state index in [0.29, 0.717) is 5.69 Å². The number of aryl methyl sites for hydroxylation is 3. The molecule has 3 aromatic rings. The molecule has 1 amide bonds. The number of nitrogens with zero attached hydrogens (tertiary/aromatic N) is 2. The molecule has 0 radical (unpaired) electrons. The summed E-state index contributed by atoms with van der Waals surface area (Å²) in [5.74, 6) is 0.504. The van der Waals surface area contributed by atoms with Crippen molar-refractivity contribution in [3.8, 4) is 5.75 Å². The normalized spacial score (nSPS) is 10.7. The van der Waals surface area contributed by atoms with Crippen molar-refractivity contribution >= 4 is 34.4 Å². The lowest BCUT2D eigenvalue weighted by Crippen LogP contribution is -2.21. The highest BCUT2D eigenvalue weighted by Gasteiger charge is 2.12. The predicted octanol–water partition coefficient (Wildman–Crippen LogP) is 3.63. The minimum absolute atomic E-state index is 0.0444. The fourth-order valence-corrected chi connectivity index (χ4v) is 2.93. The van der Waals surface area contributed by atoms with Crippen LogP contribution in [0.3, 0.4) is 0 Å². The van der Waals surface area contributed by atoms with Gasteiger partial charge >= 0.3 is 0 Å². The van der Waals surface area contributed by atoms with E-state index in [1.165, 1.54) is 0 Å². The minimum atomic E-state index is -0.214. The molecule has 0 aliphatic rings. The molecule has 118 valence electrons. The number of carbonyl (C=O) groups is 1. The smallest absolute Gasteiger partial charge is 0.262 e. The Morgan fingerprint density at radius 2 is 1.96 bits per heavy atom. The quantitative estimate of drug-likeness (QED) is 0.794. The fourth-order valence-electron chi connectivity index (χ4n) is 2.39. The molecule has 2 aromatic carbocycles. The van der Waals surface area contributed by atoms with Crippen LogP contribution in [0.4, 0.5) is 5.69 Å². The van der Waals surface area contributed by atoms with Gasteiger partial charge in [0.1, 0.15) is 16.8 Å². The van der Waals surface area contributed by atoms with Crippen LogP contribution in [0.25, 0.3) is 11.0 Å². The van der Waals surface area contributed by atoms with Crippen molar-refractivity contribution in [2.45, 2.75) is 20.8 Å². The number of ether oxygens (including phenoxy) is 1. The van der Waals surface area contributed by atoms with Crippen LogP contribution in [0.5, 0.6) is 5.75 Å². The molecule has 3 rings (SSSR count). The number of fused-ring (bicyclic) bond motifs is 1. The van der Waals surface area contributed by atoms with Crippen molar-refractivity contribution in [2.75, 3.05) is 11.9 Å². The van der Waals surface area contributed by atoms with E-state index in [2.05, 4.69) is 14.1 Å².